The molecule has 160 valence electrons. The fourth-order valence-corrected chi connectivity index (χ4v) is 5.61. The second-order valence-corrected chi connectivity index (χ2v) is 9.78. The smallest absolute Gasteiger partial charge is 0.260 e. The normalized spacial score (nSPS) is 12.3. The minimum Gasteiger partial charge on any atom is -0.309 e. The molecule has 3 heterocycles. The molecule has 8 heteroatoms. The topological polar surface area (TPSA) is 76.5 Å². The summed E-state index contributed by atoms with van der Waals surface area (Å²) < 4.78 is 2.03. The van der Waals surface area contributed by atoms with Crippen LogP contribution in [0.25, 0.3) is 27.0 Å². The Labute approximate surface area is 193 Å². The van der Waals surface area contributed by atoms with Gasteiger partial charge in [0.05, 0.1) is 10.6 Å². The average molecular weight is 460 g/mol. The Hall–Kier alpha value is -3.23. The first-order chi connectivity index (χ1) is 15.5. The van der Waals surface area contributed by atoms with Gasteiger partial charge in [0.2, 0.25) is 0 Å². The maximum atomic E-state index is 13.0. The number of aromatic nitrogens is 5. The number of hydrogen-bond acceptors (Lipinski definition) is 6. The number of H-pyrrole nitrogens is 1. The predicted octanol–water partition coefficient (Wildman–Crippen LogP) is 5.70. The second kappa shape index (κ2) is 8.37. The van der Waals surface area contributed by atoms with Gasteiger partial charge in [0.15, 0.2) is 5.16 Å². The monoisotopic (exact) mass is 459 g/mol. The Balaban J connectivity index is 1.49. The number of thiophene rings is 1. The molecule has 0 saturated heterocycles. The molecule has 5 aromatic rings. The van der Waals surface area contributed by atoms with Crippen LogP contribution >= 0.6 is 23.1 Å². The van der Waals surface area contributed by atoms with E-state index in [-0.39, 0.29) is 10.8 Å². The van der Waals surface area contributed by atoms with Crippen molar-refractivity contribution in [1.82, 2.24) is 24.7 Å². The molecule has 0 saturated carbocycles. The highest BCUT2D eigenvalue weighted by atomic mass is 32.2. The van der Waals surface area contributed by atoms with E-state index in [9.17, 15) is 4.79 Å². The van der Waals surface area contributed by atoms with E-state index in [0.29, 0.717) is 11.2 Å². The summed E-state index contributed by atoms with van der Waals surface area (Å²) in [4.78, 5) is 21.5. The molecule has 1 N–H and O–H groups in total. The molecule has 0 radical (unpaired) electrons. The van der Waals surface area contributed by atoms with E-state index in [1.807, 2.05) is 66.3 Å². The first kappa shape index (κ1) is 20.7. The molecule has 0 spiro atoms. The van der Waals surface area contributed by atoms with Crippen LogP contribution < -0.4 is 5.56 Å². The van der Waals surface area contributed by atoms with Crippen molar-refractivity contribution < 1.29 is 0 Å². The zero-order valence-corrected chi connectivity index (χ0v) is 19.5. The van der Waals surface area contributed by atoms with Crippen molar-refractivity contribution in [2.24, 2.45) is 0 Å². The molecule has 0 fully saturated rings. The van der Waals surface area contributed by atoms with Gasteiger partial charge in [-0.3, -0.25) is 9.36 Å². The van der Waals surface area contributed by atoms with Crippen LogP contribution in [0, 0.1) is 13.8 Å². The lowest BCUT2D eigenvalue weighted by molar-refractivity contribution is 0.850. The molecule has 0 aliphatic rings. The summed E-state index contributed by atoms with van der Waals surface area (Å²) >= 11 is 3.02. The average Bonchev–Trinajstić information content (AvgIpc) is 3.38. The van der Waals surface area contributed by atoms with Gasteiger partial charge >= 0.3 is 0 Å². The van der Waals surface area contributed by atoms with Crippen LogP contribution in [-0.4, -0.2) is 24.7 Å². The van der Waals surface area contributed by atoms with E-state index in [1.165, 1.54) is 28.7 Å². The lowest BCUT2D eigenvalue weighted by atomic mass is 10.1. The number of aromatic amines is 1. The van der Waals surface area contributed by atoms with E-state index < -0.39 is 0 Å². The highest BCUT2D eigenvalue weighted by Crippen LogP contribution is 2.36. The van der Waals surface area contributed by atoms with E-state index >= 15 is 0 Å². The molecule has 5 rings (SSSR count). The number of benzene rings is 2. The zero-order chi connectivity index (χ0) is 22.2. The summed E-state index contributed by atoms with van der Waals surface area (Å²) in [6, 6.07) is 18.2. The number of rotatable bonds is 5. The zero-order valence-electron chi connectivity index (χ0n) is 17.9. The molecule has 0 aliphatic heterocycles. The van der Waals surface area contributed by atoms with Crippen molar-refractivity contribution in [1.29, 1.82) is 0 Å². The first-order valence-corrected chi connectivity index (χ1v) is 12.0. The second-order valence-electron chi connectivity index (χ2n) is 7.61. The predicted molar refractivity (Wildman–Crippen MR) is 131 cm³/mol. The van der Waals surface area contributed by atoms with Crippen molar-refractivity contribution >= 4 is 33.3 Å². The van der Waals surface area contributed by atoms with Crippen molar-refractivity contribution in [3.8, 4) is 16.8 Å². The highest BCUT2D eigenvalue weighted by molar-refractivity contribution is 7.99. The number of thioether (sulfide) groups is 1. The lowest BCUT2D eigenvalue weighted by Gasteiger charge is -2.13. The molecular formula is C24H21N5OS2. The fourth-order valence-electron chi connectivity index (χ4n) is 3.69. The van der Waals surface area contributed by atoms with E-state index in [2.05, 4.69) is 34.2 Å². The molecule has 6 nitrogen and oxygen atoms in total. The summed E-state index contributed by atoms with van der Waals surface area (Å²) in [5.74, 6) is 1.44. The molecular weight excluding hydrogens is 438 g/mol. The quantitative estimate of drug-likeness (QED) is 0.341. The third-order valence-corrected chi connectivity index (χ3v) is 7.19. The third kappa shape index (κ3) is 3.76. The van der Waals surface area contributed by atoms with Crippen LogP contribution in [-0.2, 0) is 0 Å². The standard InChI is InChI=1S/C24H21N5OS2/c1-14-8-7-11-18(12-14)29-16(3)27-28-24(29)32-15(2)21-25-22(30)20-19(13-31-23(20)26-21)17-9-5-4-6-10-17/h4-13,15H,1-3H3,(H,25,26,30). The summed E-state index contributed by atoms with van der Waals surface area (Å²) in [7, 11) is 0. The van der Waals surface area contributed by atoms with Crippen LogP contribution in [0.3, 0.4) is 0 Å². The summed E-state index contributed by atoms with van der Waals surface area (Å²) in [5.41, 5.74) is 4.01. The number of nitrogens with one attached hydrogen (secondary N) is 1. The minimum absolute atomic E-state index is 0.110. The van der Waals surface area contributed by atoms with Gasteiger partial charge in [0.1, 0.15) is 16.5 Å². The van der Waals surface area contributed by atoms with Gasteiger partial charge in [-0.25, -0.2) is 4.98 Å². The van der Waals surface area contributed by atoms with Crippen molar-refractivity contribution in [3.05, 3.63) is 87.5 Å². The molecule has 3 aromatic heterocycles. The Morgan fingerprint density at radius 3 is 2.66 bits per heavy atom. The van der Waals surface area contributed by atoms with Crippen molar-refractivity contribution in [3.63, 3.8) is 0 Å². The summed E-state index contributed by atoms with van der Waals surface area (Å²) in [6.07, 6.45) is 0. The van der Waals surface area contributed by atoms with Gasteiger partial charge < -0.3 is 4.98 Å². The largest absolute Gasteiger partial charge is 0.309 e. The number of nitrogens with zero attached hydrogens (tertiary/aromatic N) is 4. The SMILES string of the molecule is Cc1cccc(-n2c(C)nnc2SC(C)c2nc3scc(-c4ccccc4)c3c(=O)[nH]2)c1. The third-order valence-electron chi connectivity index (χ3n) is 5.27. The Morgan fingerprint density at radius 2 is 1.88 bits per heavy atom. The molecule has 0 aliphatic carbocycles. The van der Waals surface area contributed by atoms with Gasteiger partial charge in [0, 0.05) is 16.6 Å². The van der Waals surface area contributed by atoms with Crippen LogP contribution in [0.1, 0.15) is 29.4 Å². The van der Waals surface area contributed by atoms with Crippen LogP contribution in [0.5, 0.6) is 0 Å². The summed E-state index contributed by atoms with van der Waals surface area (Å²) in [5, 5.41) is 11.9. The number of hydrogen-bond donors (Lipinski definition) is 1. The number of aryl methyl sites for hydroxylation is 2. The maximum absolute atomic E-state index is 13.0. The molecule has 32 heavy (non-hydrogen) atoms. The van der Waals surface area contributed by atoms with Crippen molar-refractivity contribution in [2.75, 3.05) is 0 Å². The minimum atomic E-state index is -0.117. The van der Waals surface area contributed by atoms with Gasteiger partial charge in [-0.1, -0.05) is 54.2 Å². The van der Waals surface area contributed by atoms with E-state index in [1.54, 1.807) is 0 Å². The van der Waals surface area contributed by atoms with Gasteiger partial charge in [-0.2, -0.15) is 0 Å². The molecule has 0 amide bonds. The highest BCUT2D eigenvalue weighted by Gasteiger charge is 2.20. The fraction of sp³-hybridized carbons (Fsp3) is 0.167. The van der Waals surface area contributed by atoms with Crippen molar-refractivity contribution in [2.45, 2.75) is 31.2 Å². The van der Waals surface area contributed by atoms with Crippen LogP contribution in [0.15, 0.2) is 69.9 Å². The van der Waals surface area contributed by atoms with Crippen LogP contribution in [0.4, 0.5) is 0 Å². The molecule has 1 unspecified atom stereocenters. The number of fused-ring (bicyclic) bond motifs is 1. The van der Waals surface area contributed by atoms with E-state index in [4.69, 9.17) is 4.98 Å². The Kier molecular flexibility index (Phi) is 5.40. The Morgan fingerprint density at radius 1 is 1.06 bits per heavy atom. The molecule has 1 atom stereocenters. The maximum Gasteiger partial charge on any atom is 0.260 e. The van der Waals surface area contributed by atoms with Crippen LogP contribution in [0.2, 0.25) is 0 Å². The van der Waals surface area contributed by atoms with Gasteiger partial charge in [-0.15, -0.1) is 21.5 Å². The van der Waals surface area contributed by atoms with E-state index in [0.717, 1.165) is 32.6 Å². The summed E-state index contributed by atoms with van der Waals surface area (Å²) in [6.45, 7) is 6.02. The molecule has 0 bridgehead atoms. The first-order valence-electron chi connectivity index (χ1n) is 10.2. The molecule has 2 aromatic carbocycles. The lowest BCUT2D eigenvalue weighted by Crippen LogP contribution is -2.12. The Bertz CT molecular complexity index is 1470. The van der Waals surface area contributed by atoms with Gasteiger partial charge in [-0.05, 0) is 44.0 Å². The van der Waals surface area contributed by atoms with Gasteiger partial charge in [0.25, 0.3) is 5.56 Å².